The lowest BCUT2D eigenvalue weighted by molar-refractivity contribution is -0.154. The van der Waals surface area contributed by atoms with Crippen LogP contribution in [0.25, 0.3) is 0 Å². The summed E-state index contributed by atoms with van der Waals surface area (Å²) in [7, 11) is 0. The minimum absolute atomic E-state index is 0.0776. The fourth-order valence-electron chi connectivity index (χ4n) is 1.75. The zero-order valence-electron chi connectivity index (χ0n) is 13.6. The lowest BCUT2D eigenvalue weighted by Gasteiger charge is -2.23. The second kappa shape index (κ2) is 8.78. The van der Waals surface area contributed by atoms with Gasteiger partial charge in [-0.3, -0.25) is 4.79 Å². The first-order valence-electron chi connectivity index (χ1n) is 7.52. The molecule has 0 atom stereocenters. The van der Waals surface area contributed by atoms with Crippen LogP contribution in [0.5, 0.6) is 0 Å². The summed E-state index contributed by atoms with van der Waals surface area (Å²) in [4.78, 5) is 11.6. The van der Waals surface area contributed by atoms with E-state index in [-0.39, 0.29) is 19.4 Å². The van der Waals surface area contributed by atoms with Crippen LogP contribution in [-0.4, -0.2) is 30.8 Å². The van der Waals surface area contributed by atoms with Crippen molar-refractivity contribution in [2.45, 2.75) is 77.6 Å². The molecule has 0 aliphatic heterocycles. The Kier molecular flexibility index (Phi) is 8.41. The Bertz CT molecular complexity index is 369. The molecule has 0 saturated heterocycles. The number of alkyl halides is 6. The fraction of sp³-hybridized carbons (Fsp3) is 0.933. The monoisotopic (exact) mass is 350 g/mol. The number of ether oxygens (including phenoxy) is 1. The summed E-state index contributed by atoms with van der Waals surface area (Å²) in [5.41, 5.74) is -0.665. The van der Waals surface area contributed by atoms with Gasteiger partial charge in [0.05, 0.1) is 24.9 Å². The SMILES string of the molecule is CCC(C)(C)C(=O)OCCCCC(F)(F)CC(F)(F)CC(F)F. The number of hydrogen-bond acceptors (Lipinski definition) is 2. The van der Waals surface area contributed by atoms with Crippen LogP contribution in [0.2, 0.25) is 0 Å². The van der Waals surface area contributed by atoms with Gasteiger partial charge in [-0.15, -0.1) is 0 Å². The van der Waals surface area contributed by atoms with Crippen LogP contribution in [0, 0.1) is 5.41 Å². The van der Waals surface area contributed by atoms with Gasteiger partial charge in [-0.1, -0.05) is 6.92 Å². The number of halogens is 6. The number of carbonyl (C=O) groups excluding carboxylic acids is 1. The molecule has 0 saturated carbocycles. The number of unbranched alkanes of at least 4 members (excludes halogenated alkanes) is 1. The first-order chi connectivity index (χ1) is 10.3. The highest BCUT2D eigenvalue weighted by Gasteiger charge is 2.44. The Labute approximate surface area is 132 Å². The van der Waals surface area contributed by atoms with Crippen molar-refractivity contribution in [3.05, 3.63) is 0 Å². The maximum atomic E-state index is 13.4. The van der Waals surface area contributed by atoms with E-state index in [1.54, 1.807) is 20.8 Å². The van der Waals surface area contributed by atoms with Gasteiger partial charge in [0.15, 0.2) is 0 Å². The van der Waals surface area contributed by atoms with Crippen LogP contribution in [0.3, 0.4) is 0 Å². The van der Waals surface area contributed by atoms with Crippen LogP contribution in [0.1, 0.15) is 59.3 Å². The molecule has 0 heterocycles. The van der Waals surface area contributed by atoms with Crippen LogP contribution in [-0.2, 0) is 9.53 Å². The molecule has 0 bridgehead atoms. The third-order valence-corrected chi connectivity index (χ3v) is 3.58. The number of hydrogen-bond donors (Lipinski definition) is 0. The highest BCUT2D eigenvalue weighted by Crippen LogP contribution is 2.37. The van der Waals surface area contributed by atoms with Crippen molar-refractivity contribution in [2.75, 3.05) is 6.61 Å². The van der Waals surface area contributed by atoms with Gasteiger partial charge in [-0.05, 0) is 33.1 Å². The molecule has 0 amide bonds. The molecule has 0 N–H and O–H groups in total. The predicted octanol–water partition coefficient (Wildman–Crippen LogP) is 5.45. The summed E-state index contributed by atoms with van der Waals surface area (Å²) in [6.07, 6.45) is -7.44. The molecule has 138 valence electrons. The Morgan fingerprint density at radius 1 is 1.04 bits per heavy atom. The minimum Gasteiger partial charge on any atom is -0.465 e. The summed E-state index contributed by atoms with van der Waals surface area (Å²) in [6, 6.07) is 0. The molecule has 0 radical (unpaired) electrons. The molecule has 0 spiro atoms. The van der Waals surface area contributed by atoms with E-state index >= 15 is 0 Å². The zero-order chi connectivity index (χ0) is 18.3. The standard InChI is InChI=1S/C15H24F6O2/c1-4-13(2,3)12(22)23-8-6-5-7-14(18,19)10-15(20,21)9-11(16)17/h11H,4-10H2,1-3H3. The van der Waals surface area contributed by atoms with E-state index in [0.717, 1.165) is 0 Å². The molecule has 2 nitrogen and oxygen atoms in total. The largest absolute Gasteiger partial charge is 0.465 e. The third kappa shape index (κ3) is 9.71. The molecule has 0 aliphatic carbocycles. The molecule has 0 unspecified atom stereocenters. The average Bonchev–Trinajstić information content (AvgIpc) is 2.34. The quantitative estimate of drug-likeness (QED) is 0.281. The van der Waals surface area contributed by atoms with Crippen molar-refractivity contribution < 1.29 is 35.9 Å². The van der Waals surface area contributed by atoms with E-state index < -0.39 is 48.9 Å². The van der Waals surface area contributed by atoms with Crippen molar-refractivity contribution in [1.82, 2.24) is 0 Å². The second-order valence-corrected chi connectivity index (χ2v) is 6.31. The lowest BCUT2D eigenvalue weighted by atomic mass is 9.91. The van der Waals surface area contributed by atoms with E-state index in [9.17, 15) is 31.1 Å². The first-order valence-corrected chi connectivity index (χ1v) is 7.52. The van der Waals surface area contributed by atoms with E-state index in [1.807, 2.05) is 0 Å². The van der Waals surface area contributed by atoms with Gasteiger partial charge in [0.25, 0.3) is 11.8 Å². The number of rotatable bonds is 11. The molecular formula is C15H24F6O2. The highest BCUT2D eigenvalue weighted by molar-refractivity contribution is 5.75. The molecule has 0 rings (SSSR count). The van der Waals surface area contributed by atoms with E-state index in [0.29, 0.717) is 6.42 Å². The van der Waals surface area contributed by atoms with Gasteiger partial charge in [0, 0.05) is 6.42 Å². The average molecular weight is 350 g/mol. The number of carbonyl (C=O) groups is 1. The summed E-state index contributed by atoms with van der Waals surface area (Å²) >= 11 is 0. The fourth-order valence-corrected chi connectivity index (χ4v) is 1.75. The minimum atomic E-state index is -4.10. The molecule has 0 aromatic rings. The zero-order valence-corrected chi connectivity index (χ0v) is 13.6. The van der Waals surface area contributed by atoms with Crippen molar-refractivity contribution >= 4 is 5.97 Å². The molecule has 0 aromatic heterocycles. The van der Waals surface area contributed by atoms with E-state index in [1.165, 1.54) is 0 Å². The molecule has 23 heavy (non-hydrogen) atoms. The van der Waals surface area contributed by atoms with Gasteiger partial charge in [-0.2, -0.15) is 0 Å². The van der Waals surface area contributed by atoms with E-state index in [4.69, 9.17) is 4.74 Å². The lowest BCUT2D eigenvalue weighted by Crippen LogP contribution is -2.31. The van der Waals surface area contributed by atoms with Gasteiger partial charge in [0.2, 0.25) is 6.43 Å². The summed E-state index contributed by atoms with van der Waals surface area (Å²) < 4.78 is 81.4. The van der Waals surface area contributed by atoms with Crippen LogP contribution in [0.4, 0.5) is 26.3 Å². The summed E-state index contributed by atoms with van der Waals surface area (Å²) in [5, 5.41) is 0. The summed E-state index contributed by atoms with van der Waals surface area (Å²) in [6.45, 7) is 5.11. The van der Waals surface area contributed by atoms with E-state index in [2.05, 4.69) is 0 Å². The number of esters is 1. The van der Waals surface area contributed by atoms with Crippen LogP contribution >= 0.6 is 0 Å². The Morgan fingerprint density at radius 2 is 1.61 bits per heavy atom. The van der Waals surface area contributed by atoms with Crippen LogP contribution < -0.4 is 0 Å². The van der Waals surface area contributed by atoms with Crippen molar-refractivity contribution in [2.24, 2.45) is 5.41 Å². The summed E-state index contributed by atoms with van der Waals surface area (Å²) in [5.74, 6) is -8.28. The Balaban J connectivity index is 4.10. The normalized spacial score (nSPS) is 13.5. The molecular weight excluding hydrogens is 326 g/mol. The predicted molar refractivity (Wildman–Crippen MR) is 74.0 cm³/mol. The van der Waals surface area contributed by atoms with Gasteiger partial charge >= 0.3 is 5.97 Å². The van der Waals surface area contributed by atoms with Gasteiger partial charge in [-0.25, -0.2) is 26.3 Å². The third-order valence-electron chi connectivity index (χ3n) is 3.58. The highest BCUT2D eigenvalue weighted by atomic mass is 19.3. The maximum Gasteiger partial charge on any atom is 0.311 e. The molecule has 0 fully saturated rings. The van der Waals surface area contributed by atoms with Crippen molar-refractivity contribution in [3.8, 4) is 0 Å². The molecule has 0 aromatic carbocycles. The Hall–Kier alpha value is -0.950. The second-order valence-electron chi connectivity index (χ2n) is 6.31. The topological polar surface area (TPSA) is 26.3 Å². The smallest absolute Gasteiger partial charge is 0.311 e. The Morgan fingerprint density at radius 3 is 2.09 bits per heavy atom. The first kappa shape index (κ1) is 22.1. The van der Waals surface area contributed by atoms with Crippen molar-refractivity contribution in [1.29, 1.82) is 0 Å². The van der Waals surface area contributed by atoms with Gasteiger partial charge in [0.1, 0.15) is 0 Å². The van der Waals surface area contributed by atoms with Crippen LogP contribution in [0.15, 0.2) is 0 Å². The molecule has 0 aliphatic rings. The molecule has 8 heteroatoms. The van der Waals surface area contributed by atoms with Crippen molar-refractivity contribution in [3.63, 3.8) is 0 Å². The van der Waals surface area contributed by atoms with Gasteiger partial charge < -0.3 is 4.74 Å². The maximum absolute atomic E-state index is 13.4.